The van der Waals surface area contributed by atoms with Crippen molar-refractivity contribution in [1.82, 2.24) is 9.80 Å². The average molecular weight is 558 g/mol. The minimum absolute atomic E-state index is 0.0111. The first-order valence-electron chi connectivity index (χ1n) is 12.7. The second-order valence-electron chi connectivity index (χ2n) is 10.7. The summed E-state index contributed by atoms with van der Waals surface area (Å²) in [5.74, 6) is -0.329. The molecule has 2 amide bonds. The van der Waals surface area contributed by atoms with Gasteiger partial charge in [0, 0.05) is 22.5 Å². The first-order chi connectivity index (χ1) is 17.5. The first kappa shape index (κ1) is 27.7. The first-order valence-corrected chi connectivity index (χ1v) is 14.4. The summed E-state index contributed by atoms with van der Waals surface area (Å²) in [5, 5.41) is 2.86. The summed E-state index contributed by atoms with van der Waals surface area (Å²) in [7, 11) is 0. The molecule has 1 aliphatic rings. The van der Waals surface area contributed by atoms with E-state index in [2.05, 4.69) is 56.5 Å². The molecule has 2 atom stereocenters. The number of carbonyl (C=O) groups excluding carboxylic acids is 2. The largest absolute Gasteiger partial charge is 0.330 e. The Bertz CT molecular complexity index is 1280. The highest BCUT2D eigenvalue weighted by Gasteiger charge is 2.35. The van der Waals surface area contributed by atoms with Crippen molar-refractivity contribution in [3.05, 3.63) is 91.1 Å². The van der Waals surface area contributed by atoms with Gasteiger partial charge < -0.3 is 9.80 Å². The summed E-state index contributed by atoms with van der Waals surface area (Å²) in [5.41, 5.74) is 3.92. The SMILES string of the molecule is CC[C@@H](C)N(CC(=O)N1CCc2sccc2[C@@H]1c1ccc(C(C)(C)C)cc1)C(=O)c1ccc(Cl)cc1Cl. The molecule has 0 unspecified atom stereocenters. The van der Waals surface area contributed by atoms with Gasteiger partial charge >= 0.3 is 0 Å². The summed E-state index contributed by atoms with van der Waals surface area (Å²) in [6.45, 7) is 11.2. The maximum atomic E-state index is 13.9. The molecule has 0 fully saturated rings. The molecule has 3 aromatic rings. The highest BCUT2D eigenvalue weighted by molar-refractivity contribution is 7.10. The quantitative estimate of drug-likeness (QED) is 0.311. The van der Waals surface area contributed by atoms with E-state index in [0.717, 1.165) is 18.4 Å². The highest BCUT2D eigenvalue weighted by atomic mass is 35.5. The van der Waals surface area contributed by atoms with Crippen LogP contribution < -0.4 is 0 Å². The molecule has 0 N–H and O–H groups in total. The van der Waals surface area contributed by atoms with E-state index < -0.39 is 0 Å². The summed E-state index contributed by atoms with van der Waals surface area (Å²) in [6.07, 6.45) is 1.53. The molecule has 0 saturated carbocycles. The van der Waals surface area contributed by atoms with E-state index in [4.69, 9.17) is 23.2 Å². The number of fused-ring (bicyclic) bond motifs is 1. The van der Waals surface area contributed by atoms with Crippen LogP contribution in [0.15, 0.2) is 53.9 Å². The number of halogens is 2. The lowest BCUT2D eigenvalue weighted by Crippen LogP contribution is -2.49. The fourth-order valence-corrected chi connectivity index (χ4v) is 6.21. The Balaban J connectivity index is 1.65. The van der Waals surface area contributed by atoms with Crippen LogP contribution in [0.4, 0.5) is 0 Å². The number of benzene rings is 2. The zero-order valence-electron chi connectivity index (χ0n) is 22.1. The topological polar surface area (TPSA) is 40.6 Å². The van der Waals surface area contributed by atoms with Gasteiger partial charge in [0.15, 0.2) is 0 Å². The van der Waals surface area contributed by atoms with Crippen LogP contribution in [0, 0.1) is 0 Å². The molecular formula is C30H34Cl2N2O2S. The molecule has 0 aliphatic carbocycles. The van der Waals surface area contributed by atoms with Crippen LogP contribution in [0.25, 0.3) is 0 Å². The Hall–Kier alpha value is -2.34. The number of carbonyl (C=O) groups is 2. The van der Waals surface area contributed by atoms with Gasteiger partial charge in [-0.1, -0.05) is 75.2 Å². The molecule has 37 heavy (non-hydrogen) atoms. The van der Waals surface area contributed by atoms with E-state index in [-0.39, 0.29) is 40.9 Å². The van der Waals surface area contributed by atoms with Crippen LogP contribution in [-0.2, 0) is 16.6 Å². The molecule has 7 heteroatoms. The third-order valence-electron chi connectivity index (χ3n) is 7.23. The fraction of sp³-hybridized carbons (Fsp3) is 0.400. The number of rotatable bonds is 6. The van der Waals surface area contributed by atoms with Gasteiger partial charge in [0.2, 0.25) is 5.91 Å². The minimum atomic E-state index is -0.260. The normalized spacial score (nSPS) is 16.3. The predicted molar refractivity (Wildman–Crippen MR) is 154 cm³/mol. The van der Waals surface area contributed by atoms with Crippen LogP contribution in [0.2, 0.25) is 10.0 Å². The highest BCUT2D eigenvalue weighted by Crippen LogP contribution is 2.38. The Morgan fingerprint density at radius 2 is 1.81 bits per heavy atom. The van der Waals surface area contributed by atoms with Crippen LogP contribution >= 0.6 is 34.5 Å². The lowest BCUT2D eigenvalue weighted by Gasteiger charge is -2.38. The van der Waals surface area contributed by atoms with Crippen molar-refractivity contribution >= 4 is 46.4 Å². The molecule has 4 nitrogen and oxygen atoms in total. The van der Waals surface area contributed by atoms with E-state index in [9.17, 15) is 9.59 Å². The summed E-state index contributed by atoms with van der Waals surface area (Å²) < 4.78 is 0. The van der Waals surface area contributed by atoms with E-state index in [1.54, 1.807) is 34.4 Å². The van der Waals surface area contributed by atoms with Crippen molar-refractivity contribution in [2.75, 3.05) is 13.1 Å². The summed E-state index contributed by atoms with van der Waals surface area (Å²) in [4.78, 5) is 32.4. The Morgan fingerprint density at radius 3 is 2.43 bits per heavy atom. The molecule has 0 saturated heterocycles. The predicted octanol–water partition coefficient (Wildman–Crippen LogP) is 7.77. The van der Waals surface area contributed by atoms with Crippen LogP contribution in [0.3, 0.4) is 0 Å². The standard InChI is InChI=1S/C30H34Cl2N2O2S/c1-6-19(2)34(29(36)23-12-11-22(31)17-25(23)32)18-27(35)33-15-13-26-24(14-16-37-26)28(33)20-7-9-21(10-8-20)30(3,4)5/h7-12,14,16-17,19,28H,6,13,15,18H2,1-5H3/t19-,28+/m1/s1. The molecular weight excluding hydrogens is 523 g/mol. The maximum Gasteiger partial charge on any atom is 0.256 e. The van der Waals surface area contributed by atoms with E-state index in [1.165, 1.54) is 16.0 Å². The second kappa shape index (κ2) is 11.2. The van der Waals surface area contributed by atoms with Gasteiger partial charge in [0.25, 0.3) is 5.91 Å². The molecule has 0 radical (unpaired) electrons. The fourth-order valence-electron chi connectivity index (χ4n) is 4.81. The van der Waals surface area contributed by atoms with Gasteiger partial charge in [-0.2, -0.15) is 0 Å². The van der Waals surface area contributed by atoms with Gasteiger partial charge in [0.05, 0.1) is 16.6 Å². The van der Waals surface area contributed by atoms with Crippen molar-refractivity contribution in [3.63, 3.8) is 0 Å². The van der Waals surface area contributed by atoms with Crippen molar-refractivity contribution < 1.29 is 9.59 Å². The van der Waals surface area contributed by atoms with Crippen LogP contribution in [0.5, 0.6) is 0 Å². The Morgan fingerprint density at radius 1 is 1.11 bits per heavy atom. The van der Waals surface area contributed by atoms with Crippen molar-refractivity contribution in [2.45, 2.75) is 65.0 Å². The summed E-state index contributed by atoms with van der Waals surface area (Å²) >= 11 is 14.2. The second-order valence-corrected chi connectivity index (χ2v) is 12.6. The zero-order chi connectivity index (χ0) is 26.9. The van der Waals surface area contributed by atoms with Gasteiger partial charge in [-0.3, -0.25) is 9.59 Å². The molecule has 1 aromatic heterocycles. The Labute approximate surface area is 234 Å². The molecule has 0 spiro atoms. The van der Waals surface area contributed by atoms with Crippen molar-refractivity contribution in [1.29, 1.82) is 0 Å². The molecule has 2 aromatic carbocycles. The van der Waals surface area contributed by atoms with Gasteiger partial charge in [0.1, 0.15) is 6.54 Å². The Kier molecular flexibility index (Phi) is 8.37. The number of hydrogen-bond donors (Lipinski definition) is 0. The van der Waals surface area contributed by atoms with E-state index in [0.29, 0.717) is 17.1 Å². The third-order valence-corrected chi connectivity index (χ3v) is 8.77. The number of hydrogen-bond acceptors (Lipinski definition) is 3. The number of thiophene rings is 1. The third kappa shape index (κ3) is 5.89. The number of amides is 2. The monoisotopic (exact) mass is 556 g/mol. The summed E-state index contributed by atoms with van der Waals surface area (Å²) in [6, 6.07) is 15.3. The molecule has 1 aliphatic heterocycles. The van der Waals surface area contributed by atoms with Crippen molar-refractivity contribution in [3.8, 4) is 0 Å². The lowest BCUT2D eigenvalue weighted by atomic mass is 9.85. The van der Waals surface area contributed by atoms with E-state index in [1.807, 2.05) is 18.7 Å². The molecule has 196 valence electrons. The smallest absolute Gasteiger partial charge is 0.256 e. The molecule has 2 heterocycles. The van der Waals surface area contributed by atoms with Gasteiger partial charge in [-0.15, -0.1) is 11.3 Å². The zero-order valence-corrected chi connectivity index (χ0v) is 24.4. The molecule has 0 bridgehead atoms. The maximum absolute atomic E-state index is 13.9. The average Bonchev–Trinajstić information content (AvgIpc) is 3.34. The van der Waals surface area contributed by atoms with Gasteiger partial charge in [-0.25, -0.2) is 0 Å². The molecule has 4 rings (SSSR count). The minimum Gasteiger partial charge on any atom is -0.330 e. The van der Waals surface area contributed by atoms with Crippen LogP contribution in [0.1, 0.15) is 79.0 Å². The van der Waals surface area contributed by atoms with Crippen molar-refractivity contribution in [2.24, 2.45) is 0 Å². The number of nitrogens with zero attached hydrogens (tertiary/aromatic N) is 2. The van der Waals surface area contributed by atoms with Crippen LogP contribution in [-0.4, -0.2) is 40.7 Å². The van der Waals surface area contributed by atoms with E-state index >= 15 is 0 Å². The lowest BCUT2D eigenvalue weighted by molar-refractivity contribution is -0.134. The van der Waals surface area contributed by atoms with Gasteiger partial charge in [-0.05, 0) is 71.5 Å².